The van der Waals surface area contributed by atoms with Crippen molar-refractivity contribution >= 4 is 66.7 Å². The summed E-state index contributed by atoms with van der Waals surface area (Å²) in [6, 6.07) is 99.9. The average molecular weight is 946 g/mol. The summed E-state index contributed by atoms with van der Waals surface area (Å²) in [5.41, 5.74) is 22.8. The van der Waals surface area contributed by atoms with E-state index in [1.807, 2.05) is 0 Å². The van der Waals surface area contributed by atoms with Gasteiger partial charge in [-0.05, 0) is 163 Å². The van der Waals surface area contributed by atoms with Crippen LogP contribution in [0, 0.1) is 0 Å². The highest BCUT2D eigenvalue weighted by atomic mass is 15.1. The molecule has 1 aromatic heterocycles. The number of anilines is 6. The average Bonchev–Trinajstić information content (AvgIpc) is 3.99. The summed E-state index contributed by atoms with van der Waals surface area (Å²) in [7, 11) is 0. The van der Waals surface area contributed by atoms with Crippen LogP contribution in [0.3, 0.4) is 0 Å². The van der Waals surface area contributed by atoms with Crippen LogP contribution in [0.5, 0.6) is 0 Å². The van der Waals surface area contributed by atoms with Crippen LogP contribution in [0.15, 0.2) is 273 Å². The van der Waals surface area contributed by atoms with Crippen molar-refractivity contribution in [3.05, 3.63) is 284 Å². The minimum atomic E-state index is -0.0990. The SMILES string of the molecule is CC1(C)c2ccccc2-c2ccc(N(c3ccccc3)c3ccc(-c4ccc5c6c4ccc4c(-c7ccc(N(c8ccccc8)c8ccc(-c9ccccc9)cc8)cc7)ccc(c46)n5-c4ccccc4)cc3)cc21. The van der Waals surface area contributed by atoms with Gasteiger partial charge in [-0.2, -0.15) is 0 Å². The van der Waals surface area contributed by atoms with Crippen molar-refractivity contribution in [2.75, 3.05) is 9.80 Å². The van der Waals surface area contributed by atoms with Crippen LogP contribution in [-0.4, -0.2) is 4.57 Å². The number of para-hydroxylation sites is 3. The number of fused-ring (bicyclic) bond motifs is 3. The van der Waals surface area contributed by atoms with Gasteiger partial charge in [-0.25, -0.2) is 0 Å². The van der Waals surface area contributed by atoms with E-state index in [1.165, 1.54) is 88.2 Å². The van der Waals surface area contributed by atoms with Crippen molar-refractivity contribution in [1.29, 1.82) is 0 Å². The molecule has 1 aliphatic carbocycles. The van der Waals surface area contributed by atoms with Gasteiger partial charge in [-0.1, -0.05) is 190 Å². The molecule has 0 N–H and O–H groups in total. The molecule has 14 rings (SSSR count). The number of rotatable bonds is 10. The number of nitrogens with zero attached hydrogens (tertiary/aromatic N) is 3. The number of aromatic nitrogens is 1. The molecule has 0 radical (unpaired) electrons. The fourth-order valence-corrected chi connectivity index (χ4v) is 12.0. The van der Waals surface area contributed by atoms with Gasteiger partial charge in [0.05, 0.1) is 11.0 Å². The van der Waals surface area contributed by atoms with Crippen LogP contribution < -0.4 is 9.80 Å². The molecule has 0 aliphatic heterocycles. The van der Waals surface area contributed by atoms with Crippen LogP contribution in [0.4, 0.5) is 34.1 Å². The molecule has 13 aromatic rings. The standard InChI is InChI=1S/C71H51N3/c1-71(2)65-26-16-15-25-61(65)62-40-39-58(47-66(62)71)73(53-21-11-5-12-22-53)57-37-31-51(32-38-57)60-44-46-68-70-64(60)42-41-63-59(43-45-67(69(63)70)74(68)54-23-13-6-14-24-54)50-29-35-56(36-30-50)72(52-19-9-4-10-20-52)55-33-27-49(28-34-55)48-17-7-3-8-18-48/h3-47H,1-2H3. The molecule has 12 aromatic carbocycles. The number of hydrogen-bond donors (Lipinski definition) is 0. The van der Waals surface area contributed by atoms with E-state index in [4.69, 9.17) is 0 Å². The van der Waals surface area contributed by atoms with Gasteiger partial charge in [0, 0.05) is 56.0 Å². The molecule has 0 atom stereocenters. The van der Waals surface area contributed by atoms with Crippen LogP contribution in [0.25, 0.3) is 82.8 Å². The Morgan fingerprint density at radius 1 is 0.284 bits per heavy atom. The number of benzene rings is 12. The minimum Gasteiger partial charge on any atom is -0.311 e. The molecule has 0 saturated carbocycles. The quantitative estimate of drug-likeness (QED) is 0.127. The van der Waals surface area contributed by atoms with Gasteiger partial charge in [0.25, 0.3) is 0 Å². The van der Waals surface area contributed by atoms with E-state index >= 15 is 0 Å². The van der Waals surface area contributed by atoms with E-state index in [1.54, 1.807) is 0 Å². The van der Waals surface area contributed by atoms with Crippen molar-refractivity contribution < 1.29 is 0 Å². The van der Waals surface area contributed by atoms with Gasteiger partial charge < -0.3 is 14.4 Å². The van der Waals surface area contributed by atoms with Gasteiger partial charge >= 0.3 is 0 Å². The second-order valence-corrected chi connectivity index (χ2v) is 20.1. The van der Waals surface area contributed by atoms with Crippen molar-refractivity contribution in [2.45, 2.75) is 19.3 Å². The summed E-state index contributed by atoms with van der Waals surface area (Å²) < 4.78 is 2.44. The molecular formula is C71H51N3. The molecule has 0 bridgehead atoms. The Balaban J connectivity index is 0.857. The third-order valence-corrected chi connectivity index (χ3v) is 15.6. The molecule has 1 heterocycles. The Bertz CT molecular complexity index is 4160. The third-order valence-electron chi connectivity index (χ3n) is 15.6. The lowest BCUT2D eigenvalue weighted by Crippen LogP contribution is -2.16. The maximum Gasteiger partial charge on any atom is 0.0547 e. The summed E-state index contributed by atoms with van der Waals surface area (Å²) in [5.74, 6) is 0. The van der Waals surface area contributed by atoms with Gasteiger partial charge in [-0.15, -0.1) is 0 Å². The molecule has 3 heteroatoms. The lowest BCUT2D eigenvalue weighted by molar-refractivity contribution is 0.660. The summed E-state index contributed by atoms with van der Waals surface area (Å²) in [5, 5.41) is 5.04. The van der Waals surface area contributed by atoms with Gasteiger partial charge in [0.15, 0.2) is 0 Å². The molecule has 0 spiro atoms. The largest absolute Gasteiger partial charge is 0.311 e. The molecule has 74 heavy (non-hydrogen) atoms. The lowest BCUT2D eigenvalue weighted by atomic mass is 9.82. The maximum atomic E-state index is 2.44. The molecule has 350 valence electrons. The Hall–Kier alpha value is -9.44. The Morgan fingerprint density at radius 3 is 1.19 bits per heavy atom. The molecule has 3 nitrogen and oxygen atoms in total. The fraction of sp³-hybridized carbons (Fsp3) is 0.0423. The van der Waals surface area contributed by atoms with Gasteiger partial charge in [-0.3, -0.25) is 0 Å². The molecule has 0 fully saturated rings. The smallest absolute Gasteiger partial charge is 0.0547 e. The topological polar surface area (TPSA) is 11.4 Å². The highest BCUT2D eigenvalue weighted by Gasteiger charge is 2.36. The molecule has 0 amide bonds. The third kappa shape index (κ3) is 7.04. The summed E-state index contributed by atoms with van der Waals surface area (Å²) >= 11 is 0. The van der Waals surface area contributed by atoms with Crippen molar-refractivity contribution in [2.24, 2.45) is 0 Å². The van der Waals surface area contributed by atoms with E-state index in [9.17, 15) is 0 Å². The zero-order chi connectivity index (χ0) is 49.3. The molecular weight excluding hydrogens is 895 g/mol. The summed E-state index contributed by atoms with van der Waals surface area (Å²) in [4.78, 5) is 4.73. The van der Waals surface area contributed by atoms with Crippen LogP contribution in [0.2, 0.25) is 0 Å². The normalized spacial score (nSPS) is 12.6. The first kappa shape index (κ1) is 43.4. The van der Waals surface area contributed by atoms with Crippen LogP contribution in [-0.2, 0) is 5.41 Å². The van der Waals surface area contributed by atoms with Crippen molar-refractivity contribution in [1.82, 2.24) is 4.57 Å². The lowest BCUT2D eigenvalue weighted by Gasteiger charge is -2.28. The minimum absolute atomic E-state index is 0.0990. The molecule has 1 aliphatic rings. The monoisotopic (exact) mass is 945 g/mol. The van der Waals surface area contributed by atoms with E-state index in [-0.39, 0.29) is 5.41 Å². The van der Waals surface area contributed by atoms with E-state index < -0.39 is 0 Å². The highest BCUT2D eigenvalue weighted by Crippen LogP contribution is 2.51. The molecule has 0 unspecified atom stereocenters. The van der Waals surface area contributed by atoms with Gasteiger partial charge in [0.1, 0.15) is 0 Å². The van der Waals surface area contributed by atoms with E-state index in [0.29, 0.717) is 0 Å². The molecule has 0 saturated heterocycles. The summed E-state index contributed by atoms with van der Waals surface area (Å²) in [6.07, 6.45) is 0. The highest BCUT2D eigenvalue weighted by molar-refractivity contribution is 6.28. The van der Waals surface area contributed by atoms with E-state index in [0.717, 1.165) is 39.8 Å². The number of hydrogen-bond acceptors (Lipinski definition) is 2. The Kier molecular flexibility index (Phi) is 10.2. The second-order valence-electron chi connectivity index (χ2n) is 20.1. The zero-order valence-electron chi connectivity index (χ0n) is 41.3. The first-order valence-electron chi connectivity index (χ1n) is 25.7. The van der Waals surface area contributed by atoms with Gasteiger partial charge in [0.2, 0.25) is 0 Å². The maximum absolute atomic E-state index is 2.44. The predicted molar refractivity (Wildman–Crippen MR) is 313 cm³/mol. The van der Waals surface area contributed by atoms with Crippen molar-refractivity contribution in [3.63, 3.8) is 0 Å². The predicted octanol–water partition coefficient (Wildman–Crippen LogP) is 19.6. The first-order valence-corrected chi connectivity index (χ1v) is 25.7. The fourth-order valence-electron chi connectivity index (χ4n) is 12.0. The zero-order valence-corrected chi connectivity index (χ0v) is 41.3. The Morgan fingerprint density at radius 2 is 0.662 bits per heavy atom. The first-order chi connectivity index (χ1) is 36.5. The second kappa shape index (κ2) is 17.4. The summed E-state index contributed by atoms with van der Waals surface area (Å²) in [6.45, 7) is 4.71. The Labute approximate surface area is 432 Å². The van der Waals surface area contributed by atoms with Crippen LogP contribution >= 0.6 is 0 Å². The van der Waals surface area contributed by atoms with Crippen LogP contribution in [0.1, 0.15) is 25.0 Å². The van der Waals surface area contributed by atoms with E-state index in [2.05, 4.69) is 301 Å². The van der Waals surface area contributed by atoms with Crippen molar-refractivity contribution in [3.8, 4) is 50.2 Å².